The average molecular weight is 395 g/mol. The Morgan fingerprint density at radius 1 is 1.07 bits per heavy atom. The molecule has 1 aliphatic rings. The van der Waals surface area contributed by atoms with Crippen LogP contribution in [0.1, 0.15) is 47.7 Å². The molecule has 2 aromatic rings. The highest BCUT2D eigenvalue weighted by molar-refractivity contribution is 5.97. The largest absolute Gasteiger partial charge is 0.497 e. The normalized spacial score (nSPS) is 17.3. The summed E-state index contributed by atoms with van der Waals surface area (Å²) >= 11 is 0. The minimum atomic E-state index is -0.529. The molecule has 0 aromatic heterocycles. The van der Waals surface area contributed by atoms with Crippen LogP contribution in [0.4, 0.5) is 0 Å². The van der Waals surface area contributed by atoms with E-state index in [-0.39, 0.29) is 17.7 Å². The lowest BCUT2D eigenvalue weighted by Crippen LogP contribution is -2.50. The fourth-order valence-corrected chi connectivity index (χ4v) is 3.75. The lowest BCUT2D eigenvalue weighted by molar-refractivity contribution is -0.133. The van der Waals surface area contributed by atoms with E-state index >= 15 is 0 Å². The van der Waals surface area contributed by atoms with Crippen molar-refractivity contribution in [3.63, 3.8) is 0 Å². The highest BCUT2D eigenvalue weighted by Gasteiger charge is 2.34. The monoisotopic (exact) mass is 394 g/mol. The summed E-state index contributed by atoms with van der Waals surface area (Å²) in [5.41, 5.74) is 2.89. The predicted molar refractivity (Wildman–Crippen MR) is 114 cm³/mol. The van der Waals surface area contributed by atoms with Crippen molar-refractivity contribution in [2.75, 3.05) is 20.2 Å². The molecule has 1 aliphatic heterocycles. The summed E-state index contributed by atoms with van der Waals surface area (Å²) in [5, 5.41) is 2.95. The second-order valence-electron chi connectivity index (χ2n) is 8.10. The fraction of sp³-hybridized carbons (Fsp3) is 0.417. The van der Waals surface area contributed by atoms with Crippen molar-refractivity contribution in [2.45, 2.75) is 39.2 Å². The molecular weight excluding hydrogens is 364 g/mol. The molecule has 29 heavy (non-hydrogen) atoms. The molecule has 2 aromatic carbocycles. The van der Waals surface area contributed by atoms with Crippen LogP contribution in [0.2, 0.25) is 0 Å². The number of hydrogen-bond donors (Lipinski definition) is 1. The first-order valence-electron chi connectivity index (χ1n) is 10.2. The number of aryl methyl sites for hydroxylation is 1. The highest BCUT2D eigenvalue weighted by Crippen LogP contribution is 2.29. The number of ether oxygens (including phenoxy) is 1. The summed E-state index contributed by atoms with van der Waals surface area (Å²) < 4.78 is 5.22. The van der Waals surface area contributed by atoms with Crippen LogP contribution >= 0.6 is 0 Å². The molecule has 0 radical (unpaired) electrons. The fourth-order valence-electron chi connectivity index (χ4n) is 3.75. The first kappa shape index (κ1) is 20.9. The maximum atomic E-state index is 13.2. The Morgan fingerprint density at radius 3 is 2.31 bits per heavy atom. The maximum Gasteiger partial charge on any atom is 0.251 e. The molecule has 2 amide bonds. The van der Waals surface area contributed by atoms with Gasteiger partial charge in [-0.1, -0.05) is 43.7 Å². The van der Waals surface area contributed by atoms with Crippen LogP contribution in [-0.4, -0.2) is 43.0 Å². The lowest BCUT2D eigenvalue weighted by atomic mass is 9.98. The second kappa shape index (κ2) is 9.12. The van der Waals surface area contributed by atoms with Gasteiger partial charge in [-0.25, -0.2) is 0 Å². The van der Waals surface area contributed by atoms with Crippen LogP contribution in [-0.2, 0) is 4.79 Å². The van der Waals surface area contributed by atoms with Crippen molar-refractivity contribution in [3.05, 3.63) is 65.2 Å². The number of methoxy groups -OCH3 is 1. The first-order valence-corrected chi connectivity index (χ1v) is 10.2. The molecular formula is C24H30N2O3. The Bertz CT molecular complexity index is 843. The molecule has 5 heteroatoms. The van der Waals surface area contributed by atoms with Crippen LogP contribution in [0, 0.1) is 12.8 Å². The van der Waals surface area contributed by atoms with E-state index in [2.05, 4.69) is 17.4 Å². The van der Waals surface area contributed by atoms with Crippen LogP contribution in [0.5, 0.6) is 5.75 Å². The first-order chi connectivity index (χ1) is 13.9. The van der Waals surface area contributed by atoms with Gasteiger partial charge in [0.05, 0.1) is 7.11 Å². The molecule has 5 nitrogen and oxygen atoms in total. The quantitative estimate of drug-likeness (QED) is 0.811. The van der Waals surface area contributed by atoms with E-state index in [9.17, 15) is 9.59 Å². The number of carbonyl (C=O) groups is 2. The molecule has 3 rings (SSSR count). The van der Waals surface area contributed by atoms with Gasteiger partial charge in [0, 0.05) is 24.6 Å². The van der Waals surface area contributed by atoms with E-state index in [1.807, 2.05) is 49.9 Å². The van der Waals surface area contributed by atoms with Crippen molar-refractivity contribution >= 4 is 11.8 Å². The average Bonchev–Trinajstić information content (AvgIpc) is 3.22. The Morgan fingerprint density at radius 2 is 1.72 bits per heavy atom. The predicted octanol–water partition coefficient (Wildman–Crippen LogP) is 3.77. The van der Waals surface area contributed by atoms with Gasteiger partial charge in [-0.05, 0) is 49.1 Å². The van der Waals surface area contributed by atoms with Crippen molar-refractivity contribution in [2.24, 2.45) is 5.92 Å². The van der Waals surface area contributed by atoms with Gasteiger partial charge in [-0.3, -0.25) is 9.59 Å². The summed E-state index contributed by atoms with van der Waals surface area (Å²) in [6.45, 7) is 7.30. The third-order valence-electron chi connectivity index (χ3n) is 5.62. The standard InChI is InChI=1S/C24H30N2O3/c1-16(2)22(25-23(27)19-7-5-17(3)6-8-19)24(28)26-14-13-20(15-26)18-9-11-21(29-4)12-10-18/h5-12,16,20,22H,13-15H2,1-4H3,(H,25,27). The molecule has 1 fully saturated rings. The van der Waals surface area contributed by atoms with Crippen LogP contribution in [0.15, 0.2) is 48.5 Å². The number of rotatable bonds is 6. The number of amides is 2. The Balaban J connectivity index is 1.66. The van der Waals surface area contributed by atoms with Gasteiger partial charge in [0.1, 0.15) is 11.8 Å². The molecule has 154 valence electrons. The zero-order valence-corrected chi connectivity index (χ0v) is 17.6. The van der Waals surface area contributed by atoms with Gasteiger partial charge >= 0.3 is 0 Å². The third kappa shape index (κ3) is 4.97. The Hall–Kier alpha value is -2.82. The minimum absolute atomic E-state index is 0.00327. The van der Waals surface area contributed by atoms with Crippen LogP contribution in [0.25, 0.3) is 0 Å². The van der Waals surface area contributed by atoms with Gasteiger partial charge in [0.15, 0.2) is 0 Å². The molecule has 2 atom stereocenters. The lowest BCUT2D eigenvalue weighted by Gasteiger charge is -2.27. The number of hydrogen-bond acceptors (Lipinski definition) is 3. The molecule has 1 heterocycles. The van der Waals surface area contributed by atoms with Crippen molar-refractivity contribution in [1.82, 2.24) is 10.2 Å². The third-order valence-corrected chi connectivity index (χ3v) is 5.62. The molecule has 0 aliphatic carbocycles. The Labute approximate surface area is 173 Å². The number of likely N-dealkylation sites (tertiary alicyclic amines) is 1. The van der Waals surface area contributed by atoms with Gasteiger partial charge < -0.3 is 15.0 Å². The van der Waals surface area contributed by atoms with Crippen molar-refractivity contribution < 1.29 is 14.3 Å². The van der Waals surface area contributed by atoms with E-state index in [1.54, 1.807) is 19.2 Å². The molecule has 1 N–H and O–H groups in total. The number of nitrogens with zero attached hydrogens (tertiary/aromatic N) is 1. The minimum Gasteiger partial charge on any atom is -0.497 e. The summed E-state index contributed by atoms with van der Waals surface area (Å²) in [6.07, 6.45) is 0.925. The molecule has 0 bridgehead atoms. The van der Waals surface area contributed by atoms with Gasteiger partial charge in [0.2, 0.25) is 5.91 Å². The van der Waals surface area contributed by atoms with Gasteiger partial charge in [-0.2, -0.15) is 0 Å². The maximum absolute atomic E-state index is 13.2. The van der Waals surface area contributed by atoms with Crippen molar-refractivity contribution in [1.29, 1.82) is 0 Å². The molecule has 0 saturated carbocycles. The van der Waals surface area contributed by atoms with Gasteiger partial charge in [-0.15, -0.1) is 0 Å². The van der Waals surface area contributed by atoms with Crippen LogP contribution < -0.4 is 10.1 Å². The second-order valence-corrected chi connectivity index (χ2v) is 8.10. The number of benzene rings is 2. The number of carbonyl (C=O) groups excluding carboxylic acids is 2. The highest BCUT2D eigenvalue weighted by atomic mass is 16.5. The Kier molecular flexibility index (Phi) is 6.57. The van der Waals surface area contributed by atoms with E-state index in [1.165, 1.54) is 5.56 Å². The zero-order chi connectivity index (χ0) is 21.0. The van der Waals surface area contributed by atoms with Gasteiger partial charge in [0.25, 0.3) is 5.91 Å². The SMILES string of the molecule is COc1ccc(C2CCN(C(=O)C(NC(=O)c3ccc(C)cc3)C(C)C)C2)cc1. The van der Waals surface area contributed by atoms with Crippen LogP contribution in [0.3, 0.4) is 0 Å². The summed E-state index contributed by atoms with van der Waals surface area (Å²) in [7, 11) is 1.65. The van der Waals surface area contributed by atoms with E-state index in [0.29, 0.717) is 24.6 Å². The van der Waals surface area contributed by atoms with E-state index in [4.69, 9.17) is 4.74 Å². The van der Waals surface area contributed by atoms with E-state index in [0.717, 1.165) is 17.7 Å². The summed E-state index contributed by atoms with van der Waals surface area (Å²) in [5.74, 6) is 0.945. The summed E-state index contributed by atoms with van der Waals surface area (Å²) in [6, 6.07) is 14.9. The number of nitrogens with one attached hydrogen (secondary N) is 1. The molecule has 2 unspecified atom stereocenters. The van der Waals surface area contributed by atoms with E-state index < -0.39 is 6.04 Å². The topological polar surface area (TPSA) is 58.6 Å². The summed E-state index contributed by atoms with van der Waals surface area (Å²) in [4.78, 5) is 27.7. The zero-order valence-electron chi connectivity index (χ0n) is 17.6. The molecule has 1 saturated heterocycles. The molecule has 0 spiro atoms. The smallest absolute Gasteiger partial charge is 0.251 e. The van der Waals surface area contributed by atoms with Crippen molar-refractivity contribution in [3.8, 4) is 5.75 Å².